The van der Waals surface area contributed by atoms with Crippen LogP contribution >= 0.6 is 11.6 Å². The van der Waals surface area contributed by atoms with Gasteiger partial charge in [0.05, 0.1) is 4.90 Å². The molecule has 5 nitrogen and oxygen atoms in total. The zero-order valence-electron chi connectivity index (χ0n) is 13.7. The minimum absolute atomic E-state index is 0.175. The van der Waals surface area contributed by atoms with E-state index < -0.39 is 10.0 Å². The smallest absolute Gasteiger partial charge is 0.240 e. The van der Waals surface area contributed by atoms with E-state index >= 15 is 0 Å². The molecule has 0 aromatic heterocycles. The van der Waals surface area contributed by atoms with Crippen LogP contribution in [0, 0.1) is 0 Å². The van der Waals surface area contributed by atoms with E-state index in [9.17, 15) is 8.42 Å². The maximum absolute atomic E-state index is 12.3. The summed E-state index contributed by atoms with van der Waals surface area (Å²) >= 11 is 5.84. The lowest BCUT2D eigenvalue weighted by Gasteiger charge is -2.09. The fourth-order valence-corrected chi connectivity index (χ4v) is 3.37. The molecule has 0 saturated carbocycles. The van der Waals surface area contributed by atoms with Gasteiger partial charge in [-0.15, -0.1) is 0 Å². The van der Waals surface area contributed by atoms with E-state index in [-0.39, 0.29) is 11.4 Å². The Bertz CT molecular complexity index is 971. The highest BCUT2D eigenvalue weighted by molar-refractivity contribution is 7.89. The van der Waals surface area contributed by atoms with Crippen molar-refractivity contribution in [3.05, 3.63) is 83.4 Å². The number of nitrogen functional groups attached to an aromatic ring is 1. The van der Waals surface area contributed by atoms with Crippen LogP contribution < -0.4 is 15.2 Å². The van der Waals surface area contributed by atoms with E-state index in [4.69, 9.17) is 22.1 Å². The lowest BCUT2D eigenvalue weighted by molar-refractivity contribution is 0.482. The van der Waals surface area contributed by atoms with Crippen molar-refractivity contribution in [3.63, 3.8) is 0 Å². The summed E-state index contributed by atoms with van der Waals surface area (Å²) in [6, 6.07) is 20.3. The van der Waals surface area contributed by atoms with Gasteiger partial charge in [-0.1, -0.05) is 23.7 Å². The molecule has 0 aliphatic heterocycles. The number of halogens is 1. The first-order valence-corrected chi connectivity index (χ1v) is 9.66. The third-order valence-electron chi connectivity index (χ3n) is 3.63. The molecule has 3 rings (SSSR count). The van der Waals surface area contributed by atoms with E-state index in [1.165, 1.54) is 12.1 Å². The van der Waals surface area contributed by atoms with Crippen LogP contribution in [-0.2, 0) is 16.6 Å². The summed E-state index contributed by atoms with van der Waals surface area (Å²) < 4.78 is 32.8. The SMILES string of the molecule is Nc1ccc(S(=O)(=O)NCc2ccc(Oc3ccc(Cl)cc3)cc2)cc1. The van der Waals surface area contributed by atoms with Crippen LogP contribution in [0.4, 0.5) is 5.69 Å². The molecule has 0 aliphatic carbocycles. The van der Waals surface area contributed by atoms with Gasteiger partial charge < -0.3 is 10.5 Å². The Morgan fingerprint density at radius 3 is 1.96 bits per heavy atom. The van der Waals surface area contributed by atoms with Crippen molar-refractivity contribution in [1.29, 1.82) is 0 Å². The highest BCUT2D eigenvalue weighted by Gasteiger charge is 2.13. The number of benzene rings is 3. The highest BCUT2D eigenvalue weighted by Crippen LogP contribution is 2.23. The van der Waals surface area contributed by atoms with Crippen LogP contribution in [0.25, 0.3) is 0 Å². The average Bonchev–Trinajstić information content (AvgIpc) is 2.63. The van der Waals surface area contributed by atoms with E-state index in [2.05, 4.69) is 4.72 Å². The molecule has 26 heavy (non-hydrogen) atoms. The van der Waals surface area contributed by atoms with E-state index in [1.54, 1.807) is 60.7 Å². The summed E-state index contributed by atoms with van der Waals surface area (Å²) in [6.07, 6.45) is 0. The summed E-state index contributed by atoms with van der Waals surface area (Å²) in [5, 5.41) is 0.640. The molecule has 0 atom stereocenters. The van der Waals surface area contributed by atoms with Gasteiger partial charge in [-0.25, -0.2) is 13.1 Å². The predicted molar refractivity (Wildman–Crippen MR) is 103 cm³/mol. The zero-order valence-corrected chi connectivity index (χ0v) is 15.3. The van der Waals surface area contributed by atoms with E-state index in [0.717, 1.165) is 5.56 Å². The van der Waals surface area contributed by atoms with Crippen LogP contribution in [0.15, 0.2) is 77.7 Å². The standard InChI is InChI=1S/C19H17ClN2O3S/c20-15-3-9-18(10-4-15)25-17-7-1-14(2-8-17)13-22-26(23,24)19-11-5-16(21)6-12-19/h1-12,22H,13,21H2. The Balaban J connectivity index is 1.62. The van der Waals surface area contributed by atoms with Gasteiger partial charge in [-0.3, -0.25) is 0 Å². The fourth-order valence-electron chi connectivity index (χ4n) is 2.22. The molecule has 134 valence electrons. The van der Waals surface area contributed by atoms with Gasteiger partial charge in [0.2, 0.25) is 10.0 Å². The van der Waals surface area contributed by atoms with E-state index in [1.807, 2.05) is 0 Å². The van der Waals surface area contributed by atoms with Crippen molar-refractivity contribution >= 4 is 27.3 Å². The Kier molecular flexibility index (Phi) is 5.46. The number of hydrogen-bond donors (Lipinski definition) is 2. The summed E-state index contributed by atoms with van der Waals surface area (Å²) in [7, 11) is -3.59. The summed E-state index contributed by atoms with van der Waals surface area (Å²) in [5.41, 5.74) is 6.90. The lowest BCUT2D eigenvalue weighted by atomic mass is 10.2. The molecule has 0 radical (unpaired) electrons. The molecule has 0 fully saturated rings. The van der Waals surface area contributed by atoms with Crippen LogP contribution in [-0.4, -0.2) is 8.42 Å². The van der Waals surface area contributed by atoms with Crippen LogP contribution in [0.5, 0.6) is 11.5 Å². The third kappa shape index (κ3) is 4.76. The van der Waals surface area contributed by atoms with Crippen molar-refractivity contribution in [2.45, 2.75) is 11.4 Å². The van der Waals surface area contributed by atoms with Crippen molar-refractivity contribution < 1.29 is 13.2 Å². The second kappa shape index (κ2) is 7.78. The Labute approximate surface area is 157 Å². The summed E-state index contributed by atoms with van der Waals surface area (Å²) in [6.45, 7) is 0.175. The first-order valence-electron chi connectivity index (χ1n) is 7.80. The molecule has 0 unspecified atom stereocenters. The molecular weight excluding hydrogens is 372 g/mol. The molecule has 0 bridgehead atoms. The van der Waals surface area contributed by atoms with Crippen molar-refractivity contribution in [2.24, 2.45) is 0 Å². The molecule has 0 heterocycles. The monoisotopic (exact) mass is 388 g/mol. The summed E-state index contributed by atoms with van der Waals surface area (Å²) in [5.74, 6) is 1.32. The maximum atomic E-state index is 12.3. The van der Waals surface area contributed by atoms with Gasteiger partial charge in [-0.2, -0.15) is 0 Å². The quantitative estimate of drug-likeness (QED) is 0.620. The highest BCUT2D eigenvalue weighted by atomic mass is 35.5. The number of sulfonamides is 1. The molecule has 0 saturated heterocycles. The first kappa shape index (κ1) is 18.3. The normalized spacial score (nSPS) is 11.3. The fraction of sp³-hybridized carbons (Fsp3) is 0.0526. The minimum atomic E-state index is -3.59. The van der Waals surface area contributed by atoms with Crippen molar-refractivity contribution in [2.75, 3.05) is 5.73 Å². The maximum Gasteiger partial charge on any atom is 0.240 e. The number of hydrogen-bond acceptors (Lipinski definition) is 4. The average molecular weight is 389 g/mol. The molecule has 0 amide bonds. The number of anilines is 1. The number of nitrogens with two attached hydrogens (primary N) is 1. The molecule has 3 aromatic carbocycles. The van der Waals surface area contributed by atoms with Gasteiger partial charge in [0, 0.05) is 17.3 Å². The number of ether oxygens (including phenoxy) is 1. The van der Waals surface area contributed by atoms with Gasteiger partial charge in [0.15, 0.2) is 0 Å². The van der Waals surface area contributed by atoms with Crippen LogP contribution in [0.1, 0.15) is 5.56 Å². The van der Waals surface area contributed by atoms with Gasteiger partial charge in [-0.05, 0) is 66.2 Å². The van der Waals surface area contributed by atoms with E-state index in [0.29, 0.717) is 22.2 Å². The summed E-state index contributed by atoms with van der Waals surface area (Å²) in [4.78, 5) is 0.175. The first-order chi connectivity index (χ1) is 12.4. The third-order valence-corrected chi connectivity index (χ3v) is 5.30. The largest absolute Gasteiger partial charge is 0.457 e. The lowest BCUT2D eigenvalue weighted by Crippen LogP contribution is -2.23. The van der Waals surface area contributed by atoms with Crippen LogP contribution in [0.2, 0.25) is 5.02 Å². The minimum Gasteiger partial charge on any atom is -0.457 e. The Hall–Kier alpha value is -2.54. The second-order valence-electron chi connectivity index (χ2n) is 5.59. The molecule has 3 N–H and O–H groups in total. The Morgan fingerprint density at radius 2 is 1.38 bits per heavy atom. The van der Waals surface area contributed by atoms with Gasteiger partial charge >= 0.3 is 0 Å². The Morgan fingerprint density at radius 1 is 0.846 bits per heavy atom. The second-order valence-corrected chi connectivity index (χ2v) is 7.80. The molecular formula is C19H17ClN2O3S. The number of nitrogens with one attached hydrogen (secondary N) is 1. The molecule has 0 spiro atoms. The predicted octanol–water partition coefficient (Wildman–Crippen LogP) is 4.19. The van der Waals surface area contributed by atoms with Gasteiger partial charge in [0.1, 0.15) is 11.5 Å². The number of rotatable bonds is 6. The molecule has 3 aromatic rings. The topological polar surface area (TPSA) is 81.4 Å². The zero-order chi connectivity index (χ0) is 18.6. The molecule has 0 aliphatic rings. The van der Waals surface area contributed by atoms with Crippen LogP contribution in [0.3, 0.4) is 0 Å². The molecule has 7 heteroatoms. The van der Waals surface area contributed by atoms with Gasteiger partial charge in [0.25, 0.3) is 0 Å². The van der Waals surface area contributed by atoms with Crippen molar-refractivity contribution in [3.8, 4) is 11.5 Å². The van der Waals surface area contributed by atoms with Crippen molar-refractivity contribution in [1.82, 2.24) is 4.72 Å².